The van der Waals surface area contributed by atoms with Gasteiger partial charge >= 0.3 is 5.97 Å². The third-order valence-corrected chi connectivity index (χ3v) is 2.96. The topological polar surface area (TPSA) is 57.6 Å². The number of carbonyl (C=O) groups excluding carboxylic acids is 1. The molecule has 2 rings (SSSR count). The van der Waals surface area contributed by atoms with Gasteiger partial charge in [0.1, 0.15) is 0 Å². The molecule has 4 nitrogen and oxygen atoms in total. The lowest BCUT2D eigenvalue weighted by molar-refractivity contribution is -0.133. The number of rotatable bonds is 3. The van der Waals surface area contributed by atoms with Gasteiger partial charge < -0.3 is 10.0 Å². The van der Waals surface area contributed by atoms with Crippen molar-refractivity contribution in [2.75, 3.05) is 13.1 Å². The van der Waals surface area contributed by atoms with Crippen LogP contribution in [0.3, 0.4) is 0 Å². The number of carboxylic acid groups (broad SMARTS) is 1. The first-order valence-corrected chi connectivity index (χ1v) is 6.11. The predicted molar refractivity (Wildman–Crippen MR) is 72.4 cm³/mol. The van der Waals surface area contributed by atoms with Crippen LogP contribution in [-0.2, 0) is 9.59 Å². The molecular formula is C15H15NO3. The minimum Gasteiger partial charge on any atom is -0.478 e. The van der Waals surface area contributed by atoms with E-state index in [1.807, 2.05) is 30.3 Å². The summed E-state index contributed by atoms with van der Waals surface area (Å²) in [5.74, 6) is -1.11. The number of hydrogen-bond acceptors (Lipinski definition) is 2. The Morgan fingerprint density at radius 3 is 2.63 bits per heavy atom. The van der Waals surface area contributed by atoms with E-state index < -0.39 is 5.97 Å². The maximum absolute atomic E-state index is 12.0. The molecule has 0 saturated heterocycles. The van der Waals surface area contributed by atoms with Gasteiger partial charge in [-0.25, -0.2) is 4.79 Å². The molecule has 1 N–H and O–H groups in total. The lowest BCUT2D eigenvalue weighted by Gasteiger charge is -2.24. The molecule has 98 valence electrons. The smallest absolute Gasteiger partial charge is 0.333 e. The van der Waals surface area contributed by atoms with E-state index >= 15 is 0 Å². The molecule has 0 saturated carbocycles. The van der Waals surface area contributed by atoms with Crippen molar-refractivity contribution >= 4 is 18.0 Å². The maximum Gasteiger partial charge on any atom is 0.333 e. The third-order valence-electron chi connectivity index (χ3n) is 2.96. The van der Waals surface area contributed by atoms with E-state index in [0.29, 0.717) is 13.0 Å². The standard InChI is InChI=1S/C15H15NO3/c17-14(9-8-12-5-2-1-3-6-12)16-10-4-7-13(11-16)15(18)19/h1-3,5-9H,4,10-11H2,(H,18,19)/b9-8+. The van der Waals surface area contributed by atoms with E-state index in [9.17, 15) is 9.59 Å². The molecule has 0 radical (unpaired) electrons. The van der Waals surface area contributed by atoms with E-state index in [1.54, 1.807) is 17.1 Å². The number of aliphatic carboxylic acids is 1. The molecule has 0 bridgehead atoms. The van der Waals surface area contributed by atoms with Crippen LogP contribution in [0.15, 0.2) is 48.1 Å². The summed E-state index contributed by atoms with van der Waals surface area (Å²) in [4.78, 5) is 24.4. The highest BCUT2D eigenvalue weighted by Gasteiger charge is 2.19. The molecule has 0 fully saturated rings. The minimum atomic E-state index is -0.954. The van der Waals surface area contributed by atoms with Crippen LogP contribution in [0, 0.1) is 0 Å². The predicted octanol–water partition coefficient (Wildman–Crippen LogP) is 1.94. The van der Waals surface area contributed by atoms with Gasteiger partial charge in [-0.2, -0.15) is 0 Å². The van der Waals surface area contributed by atoms with Crippen LogP contribution in [0.25, 0.3) is 6.08 Å². The van der Waals surface area contributed by atoms with Gasteiger partial charge in [-0.05, 0) is 18.1 Å². The van der Waals surface area contributed by atoms with E-state index in [2.05, 4.69) is 0 Å². The molecule has 1 aliphatic rings. The Hall–Kier alpha value is -2.36. The molecule has 0 spiro atoms. The van der Waals surface area contributed by atoms with Crippen molar-refractivity contribution in [1.82, 2.24) is 4.90 Å². The van der Waals surface area contributed by atoms with E-state index in [1.165, 1.54) is 6.08 Å². The summed E-state index contributed by atoms with van der Waals surface area (Å²) in [7, 11) is 0. The largest absolute Gasteiger partial charge is 0.478 e. The Bertz CT molecular complexity index is 532. The fourth-order valence-electron chi connectivity index (χ4n) is 1.92. The summed E-state index contributed by atoms with van der Waals surface area (Å²) in [6.45, 7) is 0.738. The molecule has 1 aromatic rings. The van der Waals surface area contributed by atoms with Gasteiger partial charge in [0.05, 0.1) is 12.1 Å². The summed E-state index contributed by atoms with van der Waals surface area (Å²) >= 11 is 0. The second kappa shape index (κ2) is 6.00. The Morgan fingerprint density at radius 2 is 1.95 bits per heavy atom. The summed E-state index contributed by atoms with van der Waals surface area (Å²) in [5, 5.41) is 8.92. The Kier molecular flexibility index (Phi) is 4.13. The van der Waals surface area contributed by atoms with E-state index in [-0.39, 0.29) is 18.0 Å². The lowest BCUT2D eigenvalue weighted by atomic mass is 10.1. The normalized spacial score (nSPS) is 15.4. The van der Waals surface area contributed by atoms with Crippen LogP contribution >= 0.6 is 0 Å². The highest BCUT2D eigenvalue weighted by atomic mass is 16.4. The summed E-state index contributed by atoms with van der Waals surface area (Å²) in [5.41, 5.74) is 1.23. The van der Waals surface area contributed by atoms with Crippen LogP contribution in [0.5, 0.6) is 0 Å². The van der Waals surface area contributed by atoms with Crippen molar-refractivity contribution in [3.8, 4) is 0 Å². The van der Waals surface area contributed by atoms with Crippen molar-refractivity contribution in [3.05, 3.63) is 53.6 Å². The van der Waals surface area contributed by atoms with Gasteiger partial charge in [0.15, 0.2) is 0 Å². The van der Waals surface area contributed by atoms with Gasteiger partial charge in [-0.15, -0.1) is 0 Å². The average Bonchev–Trinajstić information content (AvgIpc) is 2.46. The van der Waals surface area contributed by atoms with Crippen molar-refractivity contribution in [3.63, 3.8) is 0 Å². The van der Waals surface area contributed by atoms with Gasteiger partial charge in [0.2, 0.25) is 5.91 Å². The molecule has 19 heavy (non-hydrogen) atoms. The second-order valence-electron chi connectivity index (χ2n) is 4.33. The Labute approximate surface area is 111 Å². The monoisotopic (exact) mass is 257 g/mol. The van der Waals surface area contributed by atoms with Crippen LogP contribution < -0.4 is 0 Å². The zero-order valence-electron chi connectivity index (χ0n) is 10.5. The second-order valence-corrected chi connectivity index (χ2v) is 4.33. The first-order valence-electron chi connectivity index (χ1n) is 6.11. The van der Waals surface area contributed by atoms with Crippen LogP contribution in [0.1, 0.15) is 12.0 Å². The molecule has 1 aliphatic heterocycles. The van der Waals surface area contributed by atoms with Crippen LogP contribution in [0.2, 0.25) is 0 Å². The number of benzene rings is 1. The molecule has 1 heterocycles. The number of amides is 1. The van der Waals surface area contributed by atoms with Crippen LogP contribution in [-0.4, -0.2) is 35.0 Å². The Morgan fingerprint density at radius 1 is 1.21 bits per heavy atom. The fraction of sp³-hybridized carbons (Fsp3) is 0.200. The number of hydrogen-bond donors (Lipinski definition) is 1. The first kappa shape index (κ1) is 13.1. The molecule has 0 aliphatic carbocycles. The van der Waals surface area contributed by atoms with E-state index in [0.717, 1.165) is 5.56 Å². The average molecular weight is 257 g/mol. The Balaban J connectivity index is 2.00. The number of nitrogens with zero attached hydrogens (tertiary/aromatic N) is 1. The van der Waals surface area contributed by atoms with Gasteiger partial charge in [0.25, 0.3) is 0 Å². The SMILES string of the molecule is O=C(O)C1=CCCN(C(=O)/C=C/c2ccccc2)C1. The minimum absolute atomic E-state index is 0.157. The maximum atomic E-state index is 12.0. The van der Waals surface area contributed by atoms with Gasteiger partial charge in [-0.3, -0.25) is 4.79 Å². The highest BCUT2D eigenvalue weighted by Crippen LogP contribution is 2.11. The molecular weight excluding hydrogens is 242 g/mol. The van der Waals surface area contributed by atoms with Crippen molar-refractivity contribution < 1.29 is 14.7 Å². The van der Waals surface area contributed by atoms with Crippen LogP contribution in [0.4, 0.5) is 0 Å². The van der Waals surface area contributed by atoms with Gasteiger partial charge in [-0.1, -0.05) is 36.4 Å². The number of carboxylic acids is 1. The summed E-state index contributed by atoms with van der Waals surface area (Å²) < 4.78 is 0. The molecule has 0 unspecified atom stereocenters. The highest BCUT2D eigenvalue weighted by molar-refractivity contribution is 5.94. The van der Waals surface area contributed by atoms with Crippen molar-refractivity contribution in [2.45, 2.75) is 6.42 Å². The molecule has 1 amide bonds. The lowest BCUT2D eigenvalue weighted by Crippen LogP contribution is -2.36. The van der Waals surface area contributed by atoms with Gasteiger partial charge in [0, 0.05) is 12.6 Å². The molecule has 4 heteroatoms. The summed E-state index contributed by atoms with van der Waals surface area (Å²) in [6.07, 6.45) is 5.49. The molecule has 1 aromatic carbocycles. The zero-order valence-corrected chi connectivity index (χ0v) is 10.5. The van der Waals surface area contributed by atoms with Crippen molar-refractivity contribution in [1.29, 1.82) is 0 Å². The molecule has 0 aromatic heterocycles. The zero-order chi connectivity index (χ0) is 13.7. The quantitative estimate of drug-likeness (QED) is 0.842. The van der Waals surface area contributed by atoms with E-state index in [4.69, 9.17) is 5.11 Å². The third kappa shape index (κ3) is 3.55. The molecule has 0 atom stereocenters. The summed E-state index contributed by atoms with van der Waals surface area (Å²) in [6, 6.07) is 9.52. The van der Waals surface area contributed by atoms with Crippen molar-refractivity contribution in [2.24, 2.45) is 0 Å². The number of carbonyl (C=O) groups is 2. The first-order chi connectivity index (χ1) is 9.16. The fourth-order valence-corrected chi connectivity index (χ4v) is 1.92.